The van der Waals surface area contributed by atoms with Crippen LogP contribution in [0.5, 0.6) is 0 Å². The summed E-state index contributed by atoms with van der Waals surface area (Å²) in [6.45, 7) is 0. The summed E-state index contributed by atoms with van der Waals surface area (Å²) in [5.74, 6) is 3.14. The van der Waals surface area contributed by atoms with E-state index in [-0.39, 0.29) is 0 Å². The molecule has 0 aromatic heterocycles. The molecule has 0 saturated heterocycles. The number of carbonyl (C=O) groups is 2. The minimum Gasteiger partial charge on any atom is -0.481 e. The number of hydrogen-bond donors (Lipinski definition) is 2. The van der Waals surface area contributed by atoms with Crippen LogP contribution in [0.4, 0.5) is 0 Å². The maximum absolute atomic E-state index is 10.4. The fraction of sp³-hybridized carbons (Fsp3) is 0.833. The summed E-state index contributed by atoms with van der Waals surface area (Å²) < 4.78 is 0. The van der Waals surface area contributed by atoms with Crippen molar-refractivity contribution in [2.24, 2.45) is 0 Å². The van der Waals surface area contributed by atoms with Gasteiger partial charge in [-0.2, -0.15) is 0 Å². The van der Waals surface area contributed by atoms with Crippen molar-refractivity contribution in [2.45, 2.75) is 128 Å². The van der Waals surface area contributed by atoms with Gasteiger partial charge in [-0.1, -0.05) is 109 Å². The molecule has 0 unspecified atom stereocenters. The smallest absolute Gasteiger partial charge is 0.381 e. The third kappa shape index (κ3) is 24.5. The van der Waals surface area contributed by atoms with Crippen LogP contribution in [0.2, 0.25) is 0 Å². The third-order valence-electron chi connectivity index (χ3n) is 5.14. The third-order valence-corrected chi connectivity index (χ3v) is 5.14. The summed E-state index contributed by atoms with van der Waals surface area (Å²) in [5.41, 5.74) is 0. The van der Waals surface area contributed by atoms with Gasteiger partial charge in [-0.3, -0.25) is 4.79 Å². The molecule has 0 spiro atoms. The van der Waals surface area contributed by atoms with Crippen molar-refractivity contribution in [2.75, 3.05) is 0 Å². The second-order valence-electron chi connectivity index (χ2n) is 7.86. The summed E-state index contributed by atoms with van der Waals surface area (Å²) in [4.78, 5) is 20.6. The summed E-state index contributed by atoms with van der Waals surface area (Å²) in [6.07, 6.45) is 23.6. The van der Waals surface area contributed by atoms with Crippen molar-refractivity contribution in [3.63, 3.8) is 0 Å². The lowest BCUT2D eigenvalue weighted by Gasteiger charge is -2.03. The van der Waals surface area contributed by atoms with Crippen LogP contribution in [0.25, 0.3) is 0 Å². The van der Waals surface area contributed by atoms with E-state index in [1.54, 1.807) is 0 Å². The Morgan fingerprint density at radius 2 is 0.821 bits per heavy atom. The Labute approximate surface area is 172 Å². The number of aliphatic carboxylic acids is 2. The molecule has 0 aromatic rings. The minimum absolute atomic E-state index is 0.325. The zero-order chi connectivity index (χ0) is 20.7. The lowest BCUT2D eigenvalue weighted by molar-refractivity contribution is -0.137. The topological polar surface area (TPSA) is 74.6 Å². The molecule has 0 aliphatic carbocycles. The van der Waals surface area contributed by atoms with Crippen molar-refractivity contribution in [1.82, 2.24) is 0 Å². The molecular weight excluding hydrogens is 352 g/mol. The van der Waals surface area contributed by atoms with Crippen LogP contribution in [0.3, 0.4) is 0 Å². The van der Waals surface area contributed by atoms with Crippen LogP contribution in [-0.2, 0) is 9.59 Å². The molecule has 4 heteroatoms. The van der Waals surface area contributed by atoms with E-state index < -0.39 is 11.9 Å². The number of unbranched alkanes of at least 4 members (excludes halogenated alkanes) is 18. The molecule has 0 aliphatic rings. The number of carboxylic acids is 2. The Hall–Kier alpha value is -1.50. The average Bonchev–Trinajstić information content (AvgIpc) is 2.65. The molecule has 0 rings (SSSR count). The summed E-state index contributed by atoms with van der Waals surface area (Å²) in [7, 11) is 0. The number of rotatable bonds is 20. The van der Waals surface area contributed by atoms with E-state index in [1.165, 1.54) is 89.9 Å². The van der Waals surface area contributed by atoms with Gasteiger partial charge in [0.25, 0.3) is 0 Å². The maximum atomic E-state index is 10.4. The first kappa shape index (κ1) is 26.5. The minimum atomic E-state index is -1.03. The van der Waals surface area contributed by atoms with Gasteiger partial charge >= 0.3 is 11.9 Å². The molecular formula is C24H42O4. The lowest BCUT2D eigenvalue weighted by Crippen LogP contribution is -1.93. The molecule has 0 fully saturated rings. The van der Waals surface area contributed by atoms with Gasteiger partial charge in [-0.05, 0) is 12.8 Å². The van der Waals surface area contributed by atoms with Crippen LogP contribution < -0.4 is 0 Å². The van der Waals surface area contributed by atoms with Crippen molar-refractivity contribution >= 4 is 11.9 Å². The zero-order valence-corrected chi connectivity index (χ0v) is 17.9. The van der Waals surface area contributed by atoms with E-state index in [4.69, 9.17) is 10.2 Å². The van der Waals surface area contributed by atoms with Gasteiger partial charge in [0.2, 0.25) is 0 Å². The molecule has 0 saturated carbocycles. The molecule has 0 bridgehead atoms. The van der Waals surface area contributed by atoms with Gasteiger partial charge in [-0.25, -0.2) is 4.79 Å². The highest BCUT2D eigenvalue weighted by Gasteiger charge is 1.97. The van der Waals surface area contributed by atoms with E-state index in [2.05, 4.69) is 11.8 Å². The Balaban J connectivity index is 3.06. The molecule has 0 amide bonds. The maximum Gasteiger partial charge on any atom is 0.381 e. The Kier molecular flexibility index (Phi) is 20.6. The molecule has 0 heterocycles. The Bertz CT molecular complexity index is 434. The van der Waals surface area contributed by atoms with E-state index >= 15 is 0 Å². The summed E-state index contributed by atoms with van der Waals surface area (Å²) >= 11 is 0. The molecule has 162 valence electrons. The molecule has 4 nitrogen and oxygen atoms in total. The zero-order valence-electron chi connectivity index (χ0n) is 17.9. The molecule has 2 N–H and O–H groups in total. The molecule has 0 aromatic carbocycles. The van der Waals surface area contributed by atoms with Crippen molar-refractivity contribution < 1.29 is 19.8 Å². The first-order chi connectivity index (χ1) is 13.6. The first-order valence-electron chi connectivity index (χ1n) is 11.6. The largest absolute Gasteiger partial charge is 0.481 e. The highest BCUT2D eigenvalue weighted by molar-refractivity contribution is 5.86. The first-order valence-corrected chi connectivity index (χ1v) is 11.6. The second kappa shape index (κ2) is 21.8. The van der Waals surface area contributed by atoms with Crippen LogP contribution in [0, 0.1) is 11.8 Å². The van der Waals surface area contributed by atoms with E-state index in [0.717, 1.165) is 25.7 Å². The van der Waals surface area contributed by atoms with E-state index in [1.807, 2.05) is 0 Å². The molecule has 0 aliphatic heterocycles. The van der Waals surface area contributed by atoms with Gasteiger partial charge in [0.15, 0.2) is 0 Å². The number of carboxylic acid groups (broad SMARTS) is 2. The van der Waals surface area contributed by atoms with Gasteiger partial charge in [0.1, 0.15) is 0 Å². The number of hydrogen-bond acceptors (Lipinski definition) is 2. The Morgan fingerprint density at radius 1 is 0.500 bits per heavy atom. The molecule has 0 radical (unpaired) electrons. The second-order valence-corrected chi connectivity index (χ2v) is 7.86. The SMILES string of the molecule is O=C(O)C#CCCCCCCCCCCCCCCCCCCCCC(=O)O. The molecule has 0 atom stereocenters. The van der Waals surface area contributed by atoms with Crippen LogP contribution in [0.15, 0.2) is 0 Å². The monoisotopic (exact) mass is 394 g/mol. The van der Waals surface area contributed by atoms with Gasteiger partial charge in [0.05, 0.1) is 0 Å². The van der Waals surface area contributed by atoms with Crippen molar-refractivity contribution in [3.05, 3.63) is 0 Å². The highest BCUT2D eigenvalue weighted by atomic mass is 16.4. The Morgan fingerprint density at radius 3 is 1.14 bits per heavy atom. The van der Waals surface area contributed by atoms with E-state index in [9.17, 15) is 9.59 Å². The highest BCUT2D eigenvalue weighted by Crippen LogP contribution is 2.14. The van der Waals surface area contributed by atoms with Gasteiger partial charge in [0, 0.05) is 18.8 Å². The van der Waals surface area contributed by atoms with Crippen molar-refractivity contribution in [3.8, 4) is 11.8 Å². The lowest BCUT2D eigenvalue weighted by atomic mass is 10.0. The van der Waals surface area contributed by atoms with Gasteiger partial charge < -0.3 is 10.2 Å². The van der Waals surface area contributed by atoms with Gasteiger partial charge in [-0.15, -0.1) is 0 Å². The summed E-state index contributed by atoms with van der Waals surface area (Å²) in [5, 5.41) is 17.0. The normalized spacial score (nSPS) is 10.4. The predicted molar refractivity (Wildman–Crippen MR) is 115 cm³/mol. The van der Waals surface area contributed by atoms with Crippen LogP contribution in [0.1, 0.15) is 128 Å². The quantitative estimate of drug-likeness (QED) is 0.173. The van der Waals surface area contributed by atoms with E-state index in [0.29, 0.717) is 12.8 Å². The fourth-order valence-electron chi connectivity index (χ4n) is 3.46. The fourth-order valence-corrected chi connectivity index (χ4v) is 3.46. The summed E-state index contributed by atoms with van der Waals surface area (Å²) in [6, 6.07) is 0. The van der Waals surface area contributed by atoms with Crippen molar-refractivity contribution in [1.29, 1.82) is 0 Å². The van der Waals surface area contributed by atoms with Crippen LogP contribution in [-0.4, -0.2) is 22.2 Å². The standard InChI is InChI=1S/C24H42O4/c25-23(26)21-19-17-15-13-11-9-7-5-3-1-2-4-6-8-10-12-14-16-18-20-22-24(27)28/h1-19,21H2,(H,25,26)(H,27,28). The van der Waals surface area contributed by atoms with Crippen LogP contribution >= 0.6 is 0 Å². The molecule has 28 heavy (non-hydrogen) atoms. The predicted octanol–water partition coefficient (Wildman–Crippen LogP) is 6.96. The average molecular weight is 395 g/mol.